The summed E-state index contributed by atoms with van der Waals surface area (Å²) in [4.78, 5) is 12.2. The second-order valence-corrected chi connectivity index (χ2v) is 5.72. The maximum Gasteiger partial charge on any atom is 0.255 e. The van der Waals surface area contributed by atoms with E-state index < -0.39 is 0 Å². The minimum atomic E-state index is -0.129. The largest absolute Gasteiger partial charge is 0.322 e. The molecule has 2 aromatic rings. The molecule has 0 fully saturated rings. The molecular formula is C15H13BrClNO. The Kier molecular flexibility index (Phi) is 4.27. The second kappa shape index (κ2) is 5.76. The van der Waals surface area contributed by atoms with E-state index in [-0.39, 0.29) is 5.91 Å². The Hall–Kier alpha value is -1.32. The number of hydrogen-bond acceptors (Lipinski definition) is 1. The van der Waals surface area contributed by atoms with Crippen LogP contribution in [0.25, 0.3) is 0 Å². The topological polar surface area (TPSA) is 29.1 Å². The molecule has 0 atom stereocenters. The monoisotopic (exact) mass is 337 g/mol. The lowest BCUT2D eigenvalue weighted by Crippen LogP contribution is -2.14. The van der Waals surface area contributed by atoms with E-state index in [4.69, 9.17) is 11.6 Å². The van der Waals surface area contributed by atoms with Crippen molar-refractivity contribution in [2.75, 3.05) is 5.32 Å². The first-order valence-corrected chi connectivity index (χ1v) is 6.98. The summed E-state index contributed by atoms with van der Waals surface area (Å²) in [6, 6.07) is 11.0. The lowest BCUT2D eigenvalue weighted by atomic mass is 10.1. The zero-order valence-corrected chi connectivity index (χ0v) is 13.0. The molecule has 0 saturated carbocycles. The summed E-state index contributed by atoms with van der Waals surface area (Å²) in [7, 11) is 0. The fourth-order valence-electron chi connectivity index (χ4n) is 1.80. The Morgan fingerprint density at radius 3 is 2.53 bits per heavy atom. The van der Waals surface area contributed by atoms with E-state index in [1.807, 2.05) is 32.0 Å². The van der Waals surface area contributed by atoms with E-state index in [1.54, 1.807) is 18.2 Å². The number of carbonyl (C=O) groups excluding carboxylic acids is 1. The van der Waals surface area contributed by atoms with Gasteiger partial charge in [0.05, 0.1) is 0 Å². The lowest BCUT2D eigenvalue weighted by molar-refractivity contribution is 0.102. The molecule has 0 heterocycles. The predicted octanol–water partition coefficient (Wildman–Crippen LogP) is 4.97. The van der Waals surface area contributed by atoms with Gasteiger partial charge < -0.3 is 5.32 Å². The van der Waals surface area contributed by atoms with Crippen molar-refractivity contribution in [3.8, 4) is 0 Å². The number of benzene rings is 2. The fourth-order valence-corrected chi connectivity index (χ4v) is 2.39. The van der Waals surface area contributed by atoms with Crippen LogP contribution in [0.15, 0.2) is 40.9 Å². The Morgan fingerprint density at radius 2 is 1.84 bits per heavy atom. The number of rotatable bonds is 2. The SMILES string of the molecule is Cc1ccc(Br)cc1NC(=O)c1ccc(Cl)cc1C. The summed E-state index contributed by atoms with van der Waals surface area (Å²) in [5, 5.41) is 3.55. The molecule has 2 rings (SSSR count). The average molecular weight is 339 g/mol. The highest BCUT2D eigenvalue weighted by Gasteiger charge is 2.11. The molecule has 2 nitrogen and oxygen atoms in total. The van der Waals surface area contributed by atoms with Crippen molar-refractivity contribution in [1.82, 2.24) is 0 Å². The lowest BCUT2D eigenvalue weighted by Gasteiger charge is -2.10. The molecule has 98 valence electrons. The van der Waals surface area contributed by atoms with Gasteiger partial charge in [0.2, 0.25) is 0 Å². The van der Waals surface area contributed by atoms with Crippen LogP contribution in [-0.2, 0) is 0 Å². The zero-order chi connectivity index (χ0) is 14.0. The van der Waals surface area contributed by atoms with Crippen LogP contribution < -0.4 is 5.32 Å². The van der Waals surface area contributed by atoms with Crippen LogP contribution in [0.3, 0.4) is 0 Å². The van der Waals surface area contributed by atoms with E-state index in [0.717, 1.165) is 21.3 Å². The van der Waals surface area contributed by atoms with Gasteiger partial charge >= 0.3 is 0 Å². The zero-order valence-electron chi connectivity index (χ0n) is 10.6. The Morgan fingerprint density at radius 1 is 1.11 bits per heavy atom. The number of aryl methyl sites for hydroxylation is 2. The average Bonchev–Trinajstić information content (AvgIpc) is 2.33. The molecular weight excluding hydrogens is 326 g/mol. The molecule has 0 aromatic heterocycles. The van der Waals surface area contributed by atoms with E-state index in [1.165, 1.54) is 0 Å². The van der Waals surface area contributed by atoms with Crippen LogP contribution in [0, 0.1) is 13.8 Å². The first-order valence-electron chi connectivity index (χ1n) is 5.81. The van der Waals surface area contributed by atoms with Gasteiger partial charge in [-0.25, -0.2) is 0 Å². The normalized spacial score (nSPS) is 10.3. The third kappa shape index (κ3) is 3.37. The molecule has 2 aromatic carbocycles. The molecule has 0 aliphatic rings. The molecule has 0 unspecified atom stereocenters. The smallest absolute Gasteiger partial charge is 0.255 e. The minimum absolute atomic E-state index is 0.129. The van der Waals surface area contributed by atoms with Crippen molar-refractivity contribution in [3.63, 3.8) is 0 Å². The summed E-state index contributed by atoms with van der Waals surface area (Å²) in [5.74, 6) is -0.129. The third-order valence-corrected chi connectivity index (χ3v) is 3.61. The third-order valence-electron chi connectivity index (χ3n) is 2.88. The molecule has 0 spiro atoms. The van der Waals surface area contributed by atoms with Gasteiger partial charge in [0.15, 0.2) is 0 Å². The number of carbonyl (C=O) groups is 1. The van der Waals surface area contributed by atoms with Crippen molar-refractivity contribution in [1.29, 1.82) is 0 Å². The van der Waals surface area contributed by atoms with Crippen LogP contribution >= 0.6 is 27.5 Å². The van der Waals surface area contributed by atoms with Crippen LogP contribution in [0.2, 0.25) is 5.02 Å². The fraction of sp³-hybridized carbons (Fsp3) is 0.133. The highest BCUT2D eigenvalue weighted by molar-refractivity contribution is 9.10. The first-order chi connectivity index (χ1) is 8.97. The van der Waals surface area contributed by atoms with Crippen molar-refractivity contribution < 1.29 is 4.79 Å². The number of anilines is 1. The second-order valence-electron chi connectivity index (χ2n) is 4.37. The summed E-state index contributed by atoms with van der Waals surface area (Å²) in [6.07, 6.45) is 0. The van der Waals surface area contributed by atoms with Crippen LogP contribution in [0.5, 0.6) is 0 Å². The van der Waals surface area contributed by atoms with Gasteiger partial charge in [-0.1, -0.05) is 33.6 Å². The highest BCUT2D eigenvalue weighted by atomic mass is 79.9. The maximum absolute atomic E-state index is 12.2. The molecule has 4 heteroatoms. The van der Waals surface area contributed by atoms with Gasteiger partial charge in [0.25, 0.3) is 5.91 Å². The van der Waals surface area contributed by atoms with E-state index in [2.05, 4.69) is 21.2 Å². The molecule has 0 saturated heterocycles. The van der Waals surface area contributed by atoms with Crippen molar-refractivity contribution in [2.24, 2.45) is 0 Å². The van der Waals surface area contributed by atoms with Crippen LogP contribution in [-0.4, -0.2) is 5.91 Å². The number of hydrogen-bond donors (Lipinski definition) is 1. The van der Waals surface area contributed by atoms with Gasteiger partial charge in [0.1, 0.15) is 0 Å². The Bertz CT molecular complexity index is 640. The van der Waals surface area contributed by atoms with Gasteiger partial charge in [-0.05, 0) is 55.3 Å². The quantitative estimate of drug-likeness (QED) is 0.823. The Balaban J connectivity index is 2.28. The molecule has 0 aliphatic heterocycles. The van der Waals surface area contributed by atoms with Crippen LogP contribution in [0.4, 0.5) is 5.69 Å². The van der Waals surface area contributed by atoms with Crippen LogP contribution in [0.1, 0.15) is 21.5 Å². The predicted molar refractivity (Wildman–Crippen MR) is 83.0 cm³/mol. The standard InChI is InChI=1S/C15H13BrClNO/c1-9-3-4-11(16)8-14(9)18-15(19)13-6-5-12(17)7-10(13)2/h3-8H,1-2H3,(H,18,19). The molecule has 0 aliphatic carbocycles. The molecule has 19 heavy (non-hydrogen) atoms. The van der Waals surface area contributed by atoms with Crippen molar-refractivity contribution in [3.05, 3.63) is 62.6 Å². The van der Waals surface area contributed by atoms with Gasteiger partial charge in [0, 0.05) is 20.7 Å². The Labute approximate surface area is 125 Å². The molecule has 1 N–H and O–H groups in total. The molecule has 0 bridgehead atoms. The minimum Gasteiger partial charge on any atom is -0.322 e. The van der Waals surface area contributed by atoms with E-state index >= 15 is 0 Å². The van der Waals surface area contributed by atoms with Gasteiger partial charge in [-0.3, -0.25) is 4.79 Å². The molecule has 1 amide bonds. The van der Waals surface area contributed by atoms with E-state index in [9.17, 15) is 4.79 Å². The number of halogens is 2. The summed E-state index contributed by atoms with van der Waals surface area (Å²) in [6.45, 7) is 3.82. The summed E-state index contributed by atoms with van der Waals surface area (Å²) < 4.78 is 0.932. The first kappa shape index (κ1) is 14.1. The summed E-state index contributed by atoms with van der Waals surface area (Å²) >= 11 is 9.29. The van der Waals surface area contributed by atoms with E-state index in [0.29, 0.717) is 10.6 Å². The van der Waals surface area contributed by atoms with Crippen molar-refractivity contribution >= 4 is 39.1 Å². The summed E-state index contributed by atoms with van der Waals surface area (Å²) in [5.41, 5.74) is 3.30. The maximum atomic E-state index is 12.2. The van der Waals surface area contributed by atoms with Crippen molar-refractivity contribution in [2.45, 2.75) is 13.8 Å². The molecule has 0 radical (unpaired) electrons. The number of amides is 1. The highest BCUT2D eigenvalue weighted by Crippen LogP contribution is 2.22. The van der Waals surface area contributed by atoms with Gasteiger partial charge in [-0.15, -0.1) is 0 Å². The van der Waals surface area contributed by atoms with Gasteiger partial charge in [-0.2, -0.15) is 0 Å². The number of nitrogens with one attached hydrogen (secondary N) is 1.